The van der Waals surface area contributed by atoms with Crippen molar-refractivity contribution in [2.24, 2.45) is 0 Å². The van der Waals surface area contributed by atoms with Gasteiger partial charge in [-0.2, -0.15) is 15.3 Å². The Bertz CT molecular complexity index is 2830. The van der Waals surface area contributed by atoms with Crippen molar-refractivity contribution in [3.63, 3.8) is 0 Å². The van der Waals surface area contributed by atoms with Crippen LogP contribution in [-0.4, -0.2) is 59.7 Å². The van der Waals surface area contributed by atoms with Crippen molar-refractivity contribution in [1.29, 1.82) is 0 Å². The van der Waals surface area contributed by atoms with Gasteiger partial charge in [-0.05, 0) is 92.1 Å². The van der Waals surface area contributed by atoms with Crippen LogP contribution >= 0.6 is 11.6 Å². The van der Waals surface area contributed by atoms with Gasteiger partial charge in [-0.1, -0.05) is 37.6 Å². The quantitative estimate of drug-likeness (QED) is 0.140. The van der Waals surface area contributed by atoms with Gasteiger partial charge in [-0.15, -0.1) is 5.10 Å². The summed E-state index contributed by atoms with van der Waals surface area (Å²) in [6.45, 7) is 9.47. The zero-order valence-electron chi connectivity index (χ0n) is 31.8. The van der Waals surface area contributed by atoms with Gasteiger partial charge in [0.2, 0.25) is 0 Å². The van der Waals surface area contributed by atoms with Crippen LogP contribution in [0.25, 0.3) is 44.3 Å². The fraction of sp³-hybridized carbons (Fsp3) is 0.163. The van der Waals surface area contributed by atoms with Gasteiger partial charge >= 0.3 is 0 Å². The van der Waals surface area contributed by atoms with Crippen LogP contribution in [0.4, 0.5) is 11.6 Å². The summed E-state index contributed by atoms with van der Waals surface area (Å²) in [4.78, 5) is 27.1. The fourth-order valence-electron chi connectivity index (χ4n) is 6.17. The Morgan fingerprint density at radius 2 is 1.16 bits per heavy atom. The molecule has 0 aliphatic rings. The maximum atomic E-state index is 5.96. The zero-order valence-corrected chi connectivity index (χ0v) is 32.5. The molecule has 9 aromatic heterocycles. The first kappa shape index (κ1) is 37.0. The lowest BCUT2D eigenvalue weighted by atomic mass is 10.1. The third-order valence-electron chi connectivity index (χ3n) is 9.11. The van der Waals surface area contributed by atoms with E-state index >= 15 is 0 Å². The van der Waals surface area contributed by atoms with E-state index in [2.05, 4.69) is 64.5 Å². The molecule has 9 aromatic rings. The van der Waals surface area contributed by atoms with Gasteiger partial charge < -0.3 is 5.32 Å². The average Bonchev–Trinajstić information content (AvgIpc) is 3.88. The zero-order chi connectivity index (χ0) is 39.3. The number of nitrogens with zero attached hydrogens (tertiary/aromatic N) is 12. The van der Waals surface area contributed by atoms with Crippen LogP contribution in [0.2, 0.25) is 5.15 Å². The number of nitrogens with one attached hydrogen (secondary N) is 1. The normalized spacial score (nSPS) is 11.2. The third kappa shape index (κ3) is 9.11. The highest BCUT2D eigenvalue weighted by molar-refractivity contribution is 6.29. The number of hydrogen-bond acceptors (Lipinski definition) is 11. The highest BCUT2D eigenvalue weighted by atomic mass is 35.5. The van der Waals surface area contributed by atoms with Gasteiger partial charge in [0.15, 0.2) is 5.82 Å². The Balaban J connectivity index is 0.000000168. The summed E-state index contributed by atoms with van der Waals surface area (Å²) < 4.78 is 3.75. The fourth-order valence-corrected chi connectivity index (χ4v) is 6.32. The molecule has 0 saturated carbocycles. The third-order valence-corrected chi connectivity index (χ3v) is 9.32. The van der Waals surface area contributed by atoms with Crippen molar-refractivity contribution >= 4 is 45.3 Å². The summed E-state index contributed by atoms with van der Waals surface area (Å²) in [6.07, 6.45) is 13.1. The van der Waals surface area contributed by atoms with E-state index in [9.17, 15) is 0 Å². The number of aryl methyl sites for hydroxylation is 2. The molecule has 0 saturated heterocycles. The number of halogens is 1. The summed E-state index contributed by atoms with van der Waals surface area (Å²) in [7, 11) is 0. The molecule has 0 amide bonds. The molecular weight excluding hydrogens is 734 g/mol. The smallest absolute Gasteiger partial charge is 0.154 e. The molecule has 0 fully saturated rings. The maximum Gasteiger partial charge on any atom is 0.154 e. The van der Waals surface area contributed by atoms with E-state index in [4.69, 9.17) is 16.6 Å². The van der Waals surface area contributed by atoms with Crippen LogP contribution < -0.4 is 5.32 Å². The minimum absolute atomic E-state index is 0.375. The maximum absolute atomic E-state index is 5.96. The summed E-state index contributed by atoms with van der Waals surface area (Å²) in [6, 6.07) is 25.4. The molecule has 0 spiro atoms. The van der Waals surface area contributed by atoms with Crippen molar-refractivity contribution in [3.8, 4) is 22.3 Å². The topological polar surface area (TPSA) is 151 Å². The highest BCUT2D eigenvalue weighted by Gasteiger charge is 2.10. The Kier molecular flexibility index (Phi) is 10.6. The molecule has 9 heterocycles. The second kappa shape index (κ2) is 16.4. The summed E-state index contributed by atoms with van der Waals surface area (Å²) >= 11 is 5.96. The monoisotopic (exact) mass is 771 g/mol. The minimum atomic E-state index is 0.375. The molecule has 0 bridgehead atoms. The molecule has 0 radical (unpaired) electrons. The largest absolute Gasteiger partial charge is 0.323 e. The van der Waals surface area contributed by atoms with E-state index in [1.807, 2.05) is 133 Å². The van der Waals surface area contributed by atoms with Gasteiger partial charge in [-0.3, -0.25) is 29.3 Å². The number of pyridine rings is 6. The predicted molar refractivity (Wildman–Crippen MR) is 222 cm³/mol. The molecule has 0 unspecified atom stereocenters. The second-order valence-electron chi connectivity index (χ2n) is 13.9. The Morgan fingerprint density at radius 1 is 0.579 bits per heavy atom. The molecule has 57 heavy (non-hydrogen) atoms. The van der Waals surface area contributed by atoms with E-state index in [0.717, 1.165) is 72.7 Å². The first-order valence-corrected chi connectivity index (χ1v) is 18.8. The summed E-state index contributed by atoms with van der Waals surface area (Å²) in [5.74, 6) is 1.74. The highest BCUT2D eigenvalue weighted by Crippen LogP contribution is 2.25. The Hall–Kier alpha value is -6.99. The molecule has 13 nitrogen and oxygen atoms in total. The van der Waals surface area contributed by atoms with Crippen molar-refractivity contribution in [2.45, 2.75) is 46.7 Å². The SMILES string of the molecule is Cc1cccc(Cn2cc(-c3cnc4ccc(Cl)nc4c3)cn2)n1.Cc1cccc(Cn2cc(-c3cnc4ccc(Nc5cc(C(C)C)cnn5)nc4c3)cn2)n1. The molecule has 0 atom stereocenters. The first-order chi connectivity index (χ1) is 27.7. The Morgan fingerprint density at radius 3 is 1.74 bits per heavy atom. The molecule has 0 aliphatic heterocycles. The number of aromatic nitrogens is 12. The molecule has 282 valence electrons. The summed E-state index contributed by atoms with van der Waals surface area (Å²) in [5.41, 5.74) is 12.2. The van der Waals surface area contributed by atoms with Crippen LogP contribution in [0.1, 0.15) is 48.1 Å². The van der Waals surface area contributed by atoms with E-state index in [-0.39, 0.29) is 0 Å². The van der Waals surface area contributed by atoms with E-state index in [1.54, 1.807) is 12.3 Å². The van der Waals surface area contributed by atoms with Crippen molar-refractivity contribution in [2.75, 3.05) is 5.32 Å². The van der Waals surface area contributed by atoms with E-state index < -0.39 is 0 Å². The van der Waals surface area contributed by atoms with Crippen molar-refractivity contribution in [1.82, 2.24) is 59.7 Å². The standard InChI is InChI=1S/C25H24N8.C18H14ClN5/c1-16(2)18-10-25(32-27-12-18)31-24-8-7-22-23(30-24)9-19(11-26-22)20-13-28-33(14-20)15-21-6-4-5-17(3)29-21;1-12-3-2-4-15(22-12)11-24-10-14(9-21-24)13-7-17-16(20-8-13)5-6-18(19)23-17/h4-14,16H,15H2,1-3H3,(H,30,31,32);2-10H,11H2,1H3. The van der Waals surface area contributed by atoms with Gasteiger partial charge in [0, 0.05) is 58.4 Å². The van der Waals surface area contributed by atoms with Crippen LogP contribution in [0.3, 0.4) is 0 Å². The molecular formula is C43H38ClN13. The van der Waals surface area contributed by atoms with E-state index in [0.29, 0.717) is 35.8 Å². The number of anilines is 2. The Labute approximate surface area is 333 Å². The van der Waals surface area contributed by atoms with Crippen molar-refractivity contribution < 1.29 is 0 Å². The van der Waals surface area contributed by atoms with Gasteiger partial charge in [0.1, 0.15) is 11.0 Å². The number of rotatable bonds is 9. The lowest BCUT2D eigenvalue weighted by Gasteiger charge is -2.09. The molecule has 1 N–H and O–H groups in total. The van der Waals surface area contributed by atoms with Crippen LogP contribution in [0.15, 0.2) is 122 Å². The molecule has 14 heteroatoms. The average molecular weight is 772 g/mol. The molecule has 0 aromatic carbocycles. The number of fused-ring (bicyclic) bond motifs is 2. The second-order valence-corrected chi connectivity index (χ2v) is 14.3. The molecule has 9 rings (SSSR count). The lowest BCUT2D eigenvalue weighted by Crippen LogP contribution is -2.02. The summed E-state index contributed by atoms with van der Waals surface area (Å²) in [5, 5.41) is 20.9. The van der Waals surface area contributed by atoms with E-state index in [1.165, 1.54) is 0 Å². The lowest BCUT2D eigenvalue weighted by molar-refractivity contribution is 0.671. The first-order valence-electron chi connectivity index (χ1n) is 18.4. The van der Waals surface area contributed by atoms with Crippen LogP contribution in [-0.2, 0) is 13.1 Å². The number of hydrogen-bond donors (Lipinski definition) is 1. The molecule has 0 aliphatic carbocycles. The minimum Gasteiger partial charge on any atom is -0.323 e. The van der Waals surface area contributed by atoms with Crippen LogP contribution in [0, 0.1) is 13.8 Å². The van der Waals surface area contributed by atoms with Gasteiger partial charge in [0.05, 0.1) is 65.1 Å². The van der Waals surface area contributed by atoms with Gasteiger partial charge in [0.25, 0.3) is 0 Å². The predicted octanol–water partition coefficient (Wildman–Crippen LogP) is 8.80. The van der Waals surface area contributed by atoms with Crippen LogP contribution in [0.5, 0.6) is 0 Å². The van der Waals surface area contributed by atoms with Gasteiger partial charge in [-0.25, -0.2) is 9.97 Å². The van der Waals surface area contributed by atoms with Crippen molar-refractivity contribution in [3.05, 3.63) is 156 Å².